The summed E-state index contributed by atoms with van der Waals surface area (Å²) < 4.78 is 22.2. The van der Waals surface area contributed by atoms with Crippen LogP contribution in [-0.2, 0) is 11.2 Å². The lowest BCUT2D eigenvalue weighted by atomic mass is 10.1. The van der Waals surface area contributed by atoms with Gasteiger partial charge in [0.25, 0.3) is 5.91 Å². The Kier molecular flexibility index (Phi) is 7.09. The summed E-state index contributed by atoms with van der Waals surface area (Å²) in [6.07, 6.45) is 0.559. The predicted octanol–water partition coefficient (Wildman–Crippen LogP) is 6.60. The second kappa shape index (κ2) is 10.8. The lowest BCUT2D eigenvalue weighted by Crippen LogP contribution is -2.15. The van der Waals surface area contributed by atoms with Crippen LogP contribution in [0.2, 0.25) is 0 Å². The minimum absolute atomic E-state index is 0.204. The van der Waals surface area contributed by atoms with Crippen molar-refractivity contribution in [2.45, 2.75) is 20.3 Å². The maximum absolute atomic E-state index is 13.4. The molecule has 1 N–H and O–H groups in total. The molecule has 2 heterocycles. The van der Waals surface area contributed by atoms with Crippen molar-refractivity contribution < 1.29 is 28.5 Å². The normalized spacial score (nSPS) is 11.7. The molecule has 0 fully saturated rings. The molecule has 3 aromatic carbocycles. The van der Waals surface area contributed by atoms with Crippen LogP contribution in [0, 0.1) is 6.92 Å². The number of hydrogen-bond donors (Lipinski definition) is 1. The van der Waals surface area contributed by atoms with Gasteiger partial charge in [-0.15, -0.1) is 11.3 Å². The highest BCUT2D eigenvalue weighted by molar-refractivity contribution is 7.17. The van der Waals surface area contributed by atoms with Crippen molar-refractivity contribution in [1.82, 2.24) is 0 Å². The average Bonchev–Trinajstić information content (AvgIpc) is 3.49. The van der Waals surface area contributed by atoms with E-state index in [9.17, 15) is 9.59 Å². The average molecular weight is 516 g/mol. The largest absolute Gasteiger partial charge is 0.462 e. The number of amides is 1. The Labute approximate surface area is 218 Å². The van der Waals surface area contributed by atoms with Crippen molar-refractivity contribution in [2.75, 3.05) is 18.7 Å². The molecule has 4 aromatic rings. The second-order valence-electron chi connectivity index (χ2n) is 8.30. The van der Waals surface area contributed by atoms with E-state index in [-0.39, 0.29) is 19.3 Å². The van der Waals surface area contributed by atoms with Crippen LogP contribution in [0.3, 0.4) is 0 Å². The molecule has 188 valence electrons. The number of para-hydroxylation sites is 2. The third kappa shape index (κ3) is 5.29. The molecule has 5 rings (SSSR count). The quantitative estimate of drug-likeness (QED) is 0.266. The second-order valence-corrected chi connectivity index (χ2v) is 9.41. The summed E-state index contributed by atoms with van der Waals surface area (Å²) in [5, 5.41) is 3.37. The highest BCUT2D eigenvalue weighted by atomic mass is 32.1. The van der Waals surface area contributed by atoms with Gasteiger partial charge in [-0.05, 0) is 61.4 Å². The van der Waals surface area contributed by atoms with Crippen molar-refractivity contribution in [3.05, 3.63) is 99.9 Å². The lowest BCUT2D eigenvalue weighted by Gasteiger charge is -2.11. The van der Waals surface area contributed by atoms with Gasteiger partial charge in [-0.25, -0.2) is 4.79 Å². The van der Waals surface area contributed by atoms with Crippen molar-refractivity contribution in [3.8, 4) is 23.0 Å². The SMILES string of the molecule is CCOC(=O)c1c(NC(=O)c2ccccc2Oc2ccccc2)sc(Cc2ccc3c(c2)OCO3)c1C. The van der Waals surface area contributed by atoms with Crippen LogP contribution in [0.25, 0.3) is 0 Å². The molecule has 0 radical (unpaired) electrons. The molecule has 7 nitrogen and oxygen atoms in total. The van der Waals surface area contributed by atoms with Crippen molar-refractivity contribution in [1.29, 1.82) is 0 Å². The Morgan fingerprint density at radius 1 is 0.973 bits per heavy atom. The van der Waals surface area contributed by atoms with Crippen LogP contribution >= 0.6 is 11.3 Å². The van der Waals surface area contributed by atoms with Gasteiger partial charge in [0.05, 0.1) is 17.7 Å². The smallest absolute Gasteiger partial charge is 0.341 e. The summed E-state index contributed by atoms with van der Waals surface area (Å²) >= 11 is 1.36. The minimum atomic E-state index is -0.475. The van der Waals surface area contributed by atoms with Crippen molar-refractivity contribution in [3.63, 3.8) is 0 Å². The van der Waals surface area contributed by atoms with E-state index in [0.29, 0.717) is 45.5 Å². The molecule has 8 heteroatoms. The Morgan fingerprint density at radius 2 is 1.73 bits per heavy atom. The summed E-state index contributed by atoms with van der Waals surface area (Å²) in [6.45, 7) is 4.05. The topological polar surface area (TPSA) is 83.1 Å². The van der Waals surface area contributed by atoms with Crippen LogP contribution in [0.15, 0.2) is 72.8 Å². The number of hydrogen-bond acceptors (Lipinski definition) is 7. The first kappa shape index (κ1) is 24.4. The van der Waals surface area contributed by atoms with Crippen LogP contribution < -0.4 is 19.5 Å². The van der Waals surface area contributed by atoms with Gasteiger partial charge in [0.15, 0.2) is 11.5 Å². The van der Waals surface area contributed by atoms with E-state index in [1.165, 1.54) is 11.3 Å². The molecule has 0 spiro atoms. The third-order valence-electron chi connectivity index (χ3n) is 5.86. The number of ether oxygens (including phenoxy) is 4. The molecule has 0 unspecified atom stereocenters. The first-order chi connectivity index (χ1) is 18.0. The zero-order valence-corrected chi connectivity index (χ0v) is 21.2. The zero-order valence-electron chi connectivity index (χ0n) is 20.4. The fourth-order valence-corrected chi connectivity index (χ4v) is 5.25. The Hall–Kier alpha value is -4.30. The van der Waals surface area contributed by atoms with Gasteiger partial charge in [-0.2, -0.15) is 0 Å². The lowest BCUT2D eigenvalue weighted by molar-refractivity contribution is 0.0527. The first-order valence-corrected chi connectivity index (χ1v) is 12.7. The third-order valence-corrected chi connectivity index (χ3v) is 7.06. The number of carbonyl (C=O) groups is 2. The van der Waals surface area contributed by atoms with E-state index in [1.807, 2.05) is 55.5 Å². The Bertz CT molecular complexity index is 1450. The molecule has 1 aliphatic rings. The van der Waals surface area contributed by atoms with Crippen LogP contribution in [-0.4, -0.2) is 25.3 Å². The van der Waals surface area contributed by atoms with Gasteiger partial charge < -0.3 is 24.3 Å². The summed E-state index contributed by atoms with van der Waals surface area (Å²) in [5.74, 6) is 1.58. The summed E-state index contributed by atoms with van der Waals surface area (Å²) in [4.78, 5) is 27.2. The first-order valence-electron chi connectivity index (χ1n) is 11.8. The van der Waals surface area contributed by atoms with Gasteiger partial charge in [-0.3, -0.25) is 4.79 Å². The molecule has 1 amide bonds. The summed E-state index contributed by atoms with van der Waals surface area (Å²) in [6, 6.07) is 22.0. The standard InChI is InChI=1S/C29H25NO6S/c1-3-33-29(32)26-18(2)25(16-19-13-14-23-24(15-19)35-17-34-23)37-28(26)30-27(31)21-11-7-8-12-22(21)36-20-9-5-4-6-10-20/h4-15H,3,16-17H2,1-2H3,(H,30,31). The molecule has 0 saturated heterocycles. The van der Waals surface area contributed by atoms with E-state index < -0.39 is 5.97 Å². The number of fused-ring (bicyclic) bond motifs is 1. The minimum Gasteiger partial charge on any atom is -0.462 e. The highest BCUT2D eigenvalue weighted by Crippen LogP contribution is 2.38. The molecular weight excluding hydrogens is 490 g/mol. The molecular formula is C29H25NO6S. The van der Waals surface area contributed by atoms with Gasteiger partial charge >= 0.3 is 5.97 Å². The molecule has 0 saturated carbocycles. The Balaban J connectivity index is 1.44. The van der Waals surface area contributed by atoms with Gasteiger partial charge in [-0.1, -0.05) is 36.4 Å². The number of thiophene rings is 1. The predicted molar refractivity (Wildman–Crippen MR) is 141 cm³/mol. The summed E-state index contributed by atoms with van der Waals surface area (Å²) in [7, 11) is 0. The highest BCUT2D eigenvalue weighted by Gasteiger charge is 2.25. The van der Waals surface area contributed by atoms with E-state index in [1.54, 1.807) is 31.2 Å². The number of benzene rings is 3. The summed E-state index contributed by atoms with van der Waals surface area (Å²) in [5.41, 5.74) is 2.48. The van der Waals surface area contributed by atoms with Crippen molar-refractivity contribution >= 4 is 28.2 Å². The molecule has 1 aromatic heterocycles. The number of carbonyl (C=O) groups excluding carboxylic acids is 2. The molecule has 1 aliphatic heterocycles. The maximum Gasteiger partial charge on any atom is 0.341 e. The number of nitrogens with one attached hydrogen (secondary N) is 1. The van der Waals surface area contributed by atoms with E-state index >= 15 is 0 Å². The van der Waals surface area contributed by atoms with Crippen molar-refractivity contribution in [2.24, 2.45) is 0 Å². The fourth-order valence-electron chi connectivity index (χ4n) is 4.03. The van der Waals surface area contributed by atoms with Crippen LogP contribution in [0.4, 0.5) is 5.00 Å². The Morgan fingerprint density at radius 3 is 2.54 bits per heavy atom. The van der Waals surface area contributed by atoms with Gasteiger partial charge in [0, 0.05) is 11.3 Å². The van der Waals surface area contributed by atoms with E-state index in [4.69, 9.17) is 18.9 Å². The number of rotatable bonds is 8. The number of anilines is 1. The van der Waals surface area contributed by atoms with Gasteiger partial charge in [0.2, 0.25) is 6.79 Å². The molecule has 0 aliphatic carbocycles. The fraction of sp³-hybridized carbons (Fsp3) is 0.172. The van der Waals surface area contributed by atoms with Gasteiger partial charge in [0.1, 0.15) is 16.5 Å². The van der Waals surface area contributed by atoms with Crippen LogP contribution in [0.1, 0.15) is 43.6 Å². The zero-order chi connectivity index (χ0) is 25.8. The van der Waals surface area contributed by atoms with E-state index in [0.717, 1.165) is 16.0 Å². The molecule has 0 bridgehead atoms. The maximum atomic E-state index is 13.4. The number of esters is 1. The monoisotopic (exact) mass is 515 g/mol. The van der Waals surface area contributed by atoms with E-state index in [2.05, 4.69) is 5.32 Å². The molecule has 0 atom stereocenters. The molecule has 37 heavy (non-hydrogen) atoms. The van der Waals surface area contributed by atoms with Crippen LogP contribution in [0.5, 0.6) is 23.0 Å².